The van der Waals surface area contributed by atoms with E-state index in [4.69, 9.17) is 0 Å². The van der Waals surface area contributed by atoms with E-state index in [-0.39, 0.29) is 6.03 Å². The summed E-state index contributed by atoms with van der Waals surface area (Å²) in [5.74, 6) is 0. The molecule has 1 saturated heterocycles. The summed E-state index contributed by atoms with van der Waals surface area (Å²) in [5, 5.41) is 7.36. The standard InChI is InChI=1S/C22H27N3OS/c26-22(25-15-14-18(16-25)23-17-8-2-1-3-9-17)24-20-12-6-7-13-21(20)27-19-10-4-5-11-19/h1-3,6-9,12-13,18-19,23H,4-5,10-11,14-16H2,(H,24,26). The number of thioether (sulfide) groups is 1. The first kappa shape index (κ1) is 18.2. The van der Waals surface area contributed by atoms with E-state index in [1.807, 2.05) is 47.0 Å². The van der Waals surface area contributed by atoms with Crippen LogP contribution in [-0.4, -0.2) is 35.3 Å². The molecule has 1 aliphatic heterocycles. The SMILES string of the molecule is O=C(Nc1ccccc1SC1CCCC1)N1CCC(Nc2ccccc2)C1. The number of hydrogen-bond donors (Lipinski definition) is 2. The van der Waals surface area contributed by atoms with Gasteiger partial charge in [0.1, 0.15) is 0 Å². The molecule has 0 bridgehead atoms. The van der Waals surface area contributed by atoms with Gasteiger partial charge in [-0.25, -0.2) is 4.79 Å². The van der Waals surface area contributed by atoms with Crippen LogP contribution in [0, 0.1) is 0 Å². The number of hydrogen-bond acceptors (Lipinski definition) is 3. The Balaban J connectivity index is 1.34. The van der Waals surface area contributed by atoms with Gasteiger partial charge in [0.15, 0.2) is 0 Å². The number of nitrogens with zero attached hydrogens (tertiary/aromatic N) is 1. The van der Waals surface area contributed by atoms with Crippen LogP contribution < -0.4 is 10.6 Å². The summed E-state index contributed by atoms with van der Waals surface area (Å²) in [5.41, 5.74) is 2.06. The van der Waals surface area contributed by atoms with E-state index in [0.29, 0.717) is 11.3 Å². The summed E-state index contributed by atoms with van der Waals surface area (Å²) in [6, 6.07) is 18.7. The Morgan fingerprint density at radius 2 is 1.70 bits per heavy atom. The molecule has 2 aromatic rings. The van der Waals surface area contributed by atoms with Crippen LogP contribution in [-0.2, 0) is 0 Å². The third kappa shape index (κ3) is 4.78. The molecule has 142 valence electrons. The largest absolute Gasteiger partial charge is 0.380 e. The van der Waals surface area contributed by atoms with Gasteiger partial charge < -0.3 is 15.5 Å². The highest BCUT2D eigenvalue weighted by Gasteiger charge is 2.27. The highest BCUT2D eigenvalue weighted by molar-refractivity contribution is 8.00. The number of rotatable bonds is 5. The van der Waals surface area contributed by atoms with Crippen molar-refractivity contribution in [3.05, 3.63) is 54.6 Å². The Bertz CT molecular complexity index is 761. The van der Waals surface area contributed by atoms with Gasteiger partial charge in [0.05, 0.1) is 5.69 Å². The van der Waals surface area contributed by atoms with Crippen molar-refractivity contribution in [2.24, 2.45) is 0 Å². The van der Waals surface area contributed by atoms with Crippen LogP contribution >= 0.6 is 11.8 Å². The van der Waals surface area contributed by atoms with E-state index in [1.165, 1.54) is 30.6 Å². The molecule has 5 heteroatoms. The molecule has 0 radical (unpaired) electrons. The fourth-order valence-electron chi connectivity index (χ4n) is 3.89. The average Bonchev–Trinajstić information content (AvgIpc) is 3.36. The number of amides is 2. The van der Waals surface area contributed by atoms with Gasteiger partial charge in [-0.1, -0.05) is 43.2 Å². The minimum atomic E-state index is 0.00633. The van der Waals surface area contributed by atoms with Crippen LogP contribution in [0.5, 0.6) is 0 Å². The highest BCUT2D eigenvalue weighted by Crippen LogP contribution is 2.38. The number of urea groups is 1. The van der Waals surface area contributed by atoms with Gasteiger partial charge in [0.2, 0.25) is 0 Å². The van der Waals surface area contributed by atoms with Crippen molar-refractivity contribution in [1.82, 2.24) is 4.90 Å². The molecule has 1 aliphatic carbocycles. The van der Waals surface area contributed by atoms with Crippen molar-refractivity contribution in [2.45, 2.75) is 48.3 Å². The van der Waals surface area contributed by atoms with Crippen molar-refractivity contribution >= 4 is 29.2 Å². The zero-order chi connectivity index (χ0) is 18.5. The lowest BCUT2D eigenvalue weighted by molar-refractivity contribution is 0.222. The van der Waals surface area contributed by atoms with Gasteiger partial charge >= 0.3 is 6.03 Å². The number of nitrogens with one attached hydrogen (secondary N) is 2. The Morgan fingerprint density at radius 1 is 0.963 bits per heavy atom. The monoisotopic (exact) mass is 381 g/mol. The molecule has 1 atom stereocenters. The van der Waals surface area contributed by atoms with Crippen LogP contribution in [0.15, 0.2) is 59.5 Å². The van der Waals surface area contributed by atoms with Crippen molar-refractivity contribution in [3.63, 3.8) is 0 Å². The lowest BCUT2D eigenvalue weighted by Gasteiger charge is -2.20. The predicted octanol–water partition coefficient (Wildman–Crippen LogP) is 5.44. The van der Waals surface area contributed by atoms with Gasteiger partial charge in [-0.15, -0.1) is 11.8 Å². The van der Waals surface area contributed by atoms with E-state index in [9.17, 15) is 4.79 Å². The number of anilines is 2. The fourth-order valence-corrected chi connectivity index (χ4v) is 5.22. The average molecular weight is 382 g/mol. The summed E-state index contributed by atoms with van der Waals surface area (Å²) in [6.45, 7) is 1.52. The third-order valence-electron chi connectivity index (χ3n) is 5.34. The molecule has 2 amide bonds. The number of carbonyl (C=O) groups excluding carboxylic acids is 1. The summed E-state index contributed by atoms with van der Waals surface area (Å²) >= 11 is 1.92. The second-order valence-electron chi connectivity index (χ2n) is 7.39. The second kappa shape index (κ2) is 8.70. The number of benzene rings is 2. The van der Waals surface area contributed by atoms with E-state index < -0.39 is 0 Å². The summed E-state index contributed by atoms with van der Waals surface area (Å²) in [6.07, 6.45) is 6.20. The van der Waals surface area contributed by atoms with Crippen molar-refractivity contribution in [3.8, 4) is 0 Å². The molecule has 2 N–H and O–H groups in total. The Morgan fingerprint density at radius 3 is 2.52 bits per heavy atom. The van der Waals surface area contributed by atoms with Crippen molar-refractivity contribution < 1.29 is 4.79 Å². The summed E-state index contributed by atoms with van der Waals surface area (Å²) in [7, 11) is 0. The number of para-hydroxylation sites is 2. The normalized spacial score (nSPS) is 20.0. The first-order chi connectivity index (χ1) is 13.3. The fraction of sp³-hybridized carbons (Fsp3) is 0.409. The van der Waals surface area contributed by atoms with Gasteiger partial charge in [0, 0.05) is 35.0 Å². The maximum Gasteiger partial charge on any atom is 0.321 e. The maximum atomic E-state index is 12.8. The van der Waals surface area contributed by atoms with Gasteiger partial charge in [-0.3, -0.25) is 0 Å². The molecule has 0 spiro atoms. The minimum absolute atomic E-state index is 0.00633. The predicted molar refractivity (Wildman–Crippen MR) is 114 cm³/mol. The minimum Gasteiger partial charge on any atom is -0.380 e. The number of likely N-dealkylation sites (tertiary alicyclic amines) is 1. The summed E-state index contributed by atoms with van der Waals surface area (Å²) in [4.78, 5) is 15.9. The van der Waals surface area contributed by atoms with Gasteiger partial charge in [-0.05, 0) is 43.5 Å². The highest BCUT2D eigenvalue weighted by atomic mass is 32.2. The molecule has 1 unspecified atom stereocenters. The summed E-state index contributed by atoms with van der Waals surface area (Å²) < 4.78 is 0. The smallest absolute Gasteiger partial charge is 0.321 e. The zero-order valence-corrected chi connectivity index (χ0v) is 16.4. The second-order valence-corrected chi connectivity index (χ2v) is 8.73. The molecule has 2 fully saturated rings. The molecule has 1 heterocycles. The molecular weight excluding hydrogens is 354 g/mol. The van der Waals surface area contributed by atoms with Crippen LogP contribution in [0.2, 0.25) is 0 Å². The Kier molecular flexibility index (Phi) is 5.87. The van der Waals surface area contributed by atoms with E-state index in [2.05, 4.69) is 34.9 Å². The van der Waals surface area contributed by atoms with Crippen LogP contribution in [0.25, 0.3) is 0 Å². The lowest BCUT2D eigenvalue weighted by atomic mass is 10.2. The maximum absolute atomic E-state index is 12.8. The molecule has 27 heavy (non-hydrogen) atoms. The first-order valence-corrected chi connectivity index (χ1v) is 10.8. The molecule has 2 aromatic carbocycles. The lowest BCUT2D eigenvalue weighted by Crippen LogP contribution is -2.35. The molecule has 2 aliphatic rings. The van der Waals surface area contributed by atoms with E-state index in [1.54, 1.807) is 0 Å². The zero-order valence-electron chi connectivity index (χ0n) is 15.6. The quantitative estimate of drug-likeness (QED) is 0.725. The third-order valence-corrected chi connectivity index (χ3v) is 6.76. The van der Waals surface area contributed by atoms with Crippen molar-refractivity contribution in [1.29, 1.82) is 0 Å². The van der Waals surface area contributed by atoms with E-state index in [0.717, 1.165) is 30.9 Å². The van der Waals surface area contributed by atoms with Gasteiger partial charge in [0.25, 0.3) is 0 Å². The number of carbonyl (C=O) groups is 1. The van der Waals surface area contributed by atoms with E-state index >= 15 is 0 Å². The molecular formula is C22H27N3OS. The van der Waals surface area contributed by atoms with Crippen LogP contribution in [0.1, 0.15) is 32.1 Å². The Labute approximate surface area is 165 Å². The van der Waals surface area contributed by atoms with Gasteiger partial charge in [-0.2, -0.15) is 0 Å². The molecule has 4 rings (SSSR count). The topological polar surface area (TPSA) is 44.4 Å². The molecule has 4 nitrogen and oxygen atoms in total. The molecule has 0 aromatic heterocycles. The van der Waals surface area contributed by atoms with Crippen LogP contribution in [0.4, 0.5) is 16.2 Å². The first-order valence-electron chi connectivity index (χ1n) is 9.91. The molecule has 1 saturated carbocycles. The van der Waals surface area contributed by atoms with Crippen LogP contribution in [0.3, 0.4) is 0 Å². The Hall–Kier alpha value is -2.14. The van der Waals surface area contributed by atoms with Crippen molar-refractivity contribution in [2.75, 3.05) is 23.7 Å².